The Hall–Kier alpha value is -1.51. The van der Waals surface area contributed by atoms with Gasteiger partial charge >= 0.3 is 0 Å². The Kier molecular flexibility index (Phi) is 4.68. The molecule has 1 rings (SSSR count). The fraction of sp³-hybridized carbons (Fsp3) is 0.417. The zero-order valence-electron chi connectivity index (χ0n) is 8.90. The summed E-state index contributed by atoms with van der Waals surface area (Å²) in [6, 6.07) is 5.13. The van der Waals surface area contributed by atoms with Crippen LogP contribution >= 0.6 is 0 Å². The van der Waals surface area contributed by atoms with Crippen molar-refractivity contribution in [2.75, 3.05) is 0 Å². The Morgan fingerprint density at radius 2 is 2.13 bits per heavy atom. The van der Waals surface area contributed by atoms with E-state index in [2.05, 4.69) is 4.98 Å². The highest BCUT2D eigenvalue weighted by Gasteiger charge is 2.11. The van der Waals surface area contributed by atoms with E-state index in [1.165, 1.54) is 0 Å². The van der Waals surface area contributed by atoms with Gasteiger partial charge in [0.25, 0.3) is 0 Å². The predicted octanol–water partition coefficient (Wildman–Crippen LogP) is 2.41. The summed E-state index contributed by atoms with van der Waals surface area (Å²) in [5.74, 6) is -0.177. The topological polar surface area (TPSA) is 47.0 Å². The van der Waals surface area contributed by atoms with Gasteiger partial charge in [-0.25, -0.2) is 0 Å². The van der Waals surface area contributed by atoms with Crippen LogP contribution in [-0.4, -0.2) is 16.6 Å². The van der Waals surface area contributed by atoms with Crippen LogP contribution in [0.2, 0.25) is 0 Å². The first-order valence-corrected chi connectivity index (χ1v) is 5.20. The van der Waals surface area contributed by atoms with Crippen molar-refractivity contribution in [2.24, 2.45) is 0 Å². The Balaban J connectivity index is 2.46. The van der Waals surface area contributed by atoms with E-state index in [1.54, 1.807) is 24.4 Å². The first-order chi connectivity index (χ1) is 7.24. The van der Waals surface area contributed by atoms with E-state index >= 15 is 0 Å². The molecule has 80 valence electrons. The van der Waals surface area contributed by atoms with Gasteiger partial charge in [-0.15, -0.1) is 0 Å². The largest absolute Gasteiger partial charge is 0.299 e. The number of hydrogen-bond acceptors (Lipinski definition) is 3. The number of aromatic nitrogens is 1. The van der Waals surface area contributed by atoms with E-state index in [0.29, 0.717) is 12.1 Å². The van der Waals surface area contributed by atoms with Gasteiger partial charge in [-0.3, -0.25) is 14.6 Å². The van der Waals surface area contributed by atoms with Crippen molar-refractivity contribution >= 4 is 11.6 Å². The van der Waals surface area contributed by atoms with Crippen LogP contribution in [0, 0.1) is 0 Å². The normalized spacial score (nSPS) is 9.93. The van der Waals surface area contributed by atoms with Crippen molar-refractivity contribution in [3.05, 3.63) is 30.1 Å². The number of carbonyl (C=O) groups excluding carboxylic acids is 2. The summed E-state index contributed by atoms with van der Waals surface area (Å²) in [5, 5.41) is 0. The van der Waals surface area contributed by atoms with Crippen LogP contribution in [0.4, 0.5) is 0 Å². The second-order valence-electron chi connectivity index (χ2n) is 3.46. The minimum atomic E-state index is -0.184. The van der Waals surface area contributed by atoms with Crippen molar-refractivity contribution in [1.29, 1.82) is 0 Å². The van der Waals surface area contributed by atoms with Gasteiger partial charge in [-0.05, 0) is 18.6 Å². The number of nitrogens with zero attached hydrogens (tertiary/aromatic N) is 1. The molecular weight excluding hydrogens is 190 g/mol. The maximum atomic E-state index is 11.5. The average Bonchev–Trinajstić information content (AvgIpc) is 2.27. The molecule has 3 nitrogen and oxygen atoms in total. The Labute approximate surface area is 89.5 Å². The molecule has 3 heteroatoms. The molecule has 0 aliphatic heterocycles. The Morgan fingerprint density at radius 3 is 2.73 bits per heavy atom. The zero-order valence-corrected chi connectivity index (χ0v) is 8.90. The van der Waals surface area contributed by atoms with Crippen molar-refractivity contribution in [1.82, 2.24) is 4.98 Å². The third-order valence-electron chi connectivity index (χ3n) is 2.12. The molecule has 0 aliphatic carbocycles. The van der Waals surface area contributed by atoms with Gasteiger partial charge in [-0.2, -0.15) is 0 Å². The molecule has 0 saturated heterocycles. The van der Waals surface area contributed by atoms with Crippen LogP contribution in [0.3, 0.4) is 0 Å². The van der Waals surface area contributed by atoms with Gasteiger partial charge in [0.2, 0.25) is 0 Å². The third kappa shape index (κ3) is 4.02. The lowest BCUT2D eigenvalue weighted by Crippen LogP contribution is -2.09. The molecule has 0 aromatic carbocycles. The molecule has 15 heavy (non-hydrogen) atoms. The Bertz CT molecular complexity index is 333. The lowest BCUT2D eigenvalue weighted by atomic mass is 10.1. The molecule has 0 unspecified atom stereocenters. The summed E-state index contributed by atoms with van der Waals surface area (Å²) in [6.07, 6.45) is 3.87. The fourth-order valence-electron chi connectivity index (χ4n) is 1.26. The molecule has 0 atom stereocenters. The van der Waals surface area contributed by atoms with Crippen molar-refractivity contribution in [3.63, 3.8) is 0 Å². The van der Waals surface area contributed by atoms with Gasteiger partial charge in [0.15, 0.2) is 5.78 Å². The summed E-state index contributed by atoms with van der Waals surface area (Å²) in [4.78, 5) is 26.8. The molecule has 0 saturated carbocycles. The van der Waals surface area contributed by atoms with Crippen LogP contribution in [0.15, 0.2) is 24.4 Å². The predicted molar refractivity (Wildman–Crippen MR) is 57.7 cm³/mol. The maximum Gasteiger partial charge on any atom is 0.188 e. The van der Waals surface area contributed by atoms with Crippen molar-refractivity contribution in [3.8, 4) is 0 Å². The number of rotatable bonds is 6. The molecule has 0 spiro atoms. The minimum absolute atomic E-state index is 0.00695. The van der Waals surface area contributed by atoms with E-state index in [1.807, 2.05) is 6.92 Å². The first kappa shape index (κ1) is 11.6. The molecule has 0 radical (unpaired) electrons. The monoisotopic (exact) mass is 205 g/mol. The van der Waals surface area contributed by atoms with Gasteiger partial charge < -0.3 is 0 Å². The maximum absolute atomic E-state index is 11.5. The highest BCUT2D eigenvalue weighted by atomic mass is 16.1. The van der Waals surface area contributed by atoms with E-state index < -0.39 is 0 Å². The van der Waals surface area contributed by atoms with Crippen LogP contribution in [-0.2, 0) is 4.79 Å². The van der Waals surface area contributed by atoms with Crippen LogP contribution < -0.4 is 0 Å². The van der Waals surface area contributed by atoms with E-state index in [4.69, 9.17) is 0 Å². The van der Waals surface area contributed by atoms with E-state index in [-0.39, 0.29) is 18.0 Å². The lowest BCUT2D eigenvalue weighted by molar-refractivity contribution is -0.118. The quantitative estimate of drug-likeness (QED) is 0.529. The van der Waals surface area contributed by atoms with Crippen molar-refractivity contribution < 1.29 is 9.59 Å². The molecule has 1 aromatic rings. The third-order valence-corrected chi connectivity index (χ3v) is 2.12. The molecule has 0 bridgehead atoms. The molecule has 1 heterocycles. The number of Topliss-reactive ketones (excluding diaryl/α,β-unsaturated/α-hetero) is 2. The second-order valence-corrected chi connectivity index (χ2v) is 3.46. The molecule has 1 aromatic heterocycles. The molecule has 0 amide bonds. The van der Waals surface area contributed by atoms with Gasteiger partial charge in [0, 0.05) is 12.6 Å². The summed E-state index contributed by atoms with van der Waals surface area (Å²) in [6.45, 7) is 2.02. The minimum Gasteiger partial charge on any atom is -0.299 e. The lowest BCUT2D eigenvalue weighted by Gasteiger charge is -1.99. The fourth-order valence-corrected chi connectivity index (χ4v) is 1.26. The highest BCUT2D eigenvalue weighted by molar-refractivity contribution is 6.06. The highest BCUT2D eigenvalue weighted by Crippen LogP contribution is 2.04. The SMILES string of the molecule is CCCCC(=O)CC(=O)c1ccccn1. The molecule has 0 aliphatic rings. The summed E-state index contributed by atoms with van der Waals surface area (Å²) in [5.41, 5.74) is 0.377. The average molecular weight is 205 g/mol. The summed E-state index contributed by atoms with van der Waals surface area (Å²) in [7, 11) is 0. The van der Waals surface area contributed by atoms with E-state index in [0.717, 1.165) is 12.8 Å². The Morgan fingerprint density at radius 1 is 1.33 bits per heavy atom. The van der Waals surface area contributed by atoms with Gasteiger partial charge in [0.05, 0.1) is 6.42 Å². The smallest absolute Gasteiger partial charge is 0.188 e. The van der Waals surface area contributed by atoms with Crippen LogP contribution in [0.1, 0.15) is 43.1 Å². The van der Waals surface area contributed by atoms with Gasteiger partial charge in [-0.1, -0.05) is 19.4 Å². The van der Waals surface area contributed by atoms with Crippen molar-refractivity contribution in [2.45, 2.75) is 32.6 Å². The number of hydrogen-bond donors (Lipinski definition) is 0. The van der Waals surface area contributed by atoms with E-state index in [9.17, 15) is 9.59 Å². The first-order valence-electron chi connectivity index (χ1n) is 5.20. The molecule has 0 N–H and O–H groups in total. The number of pyridine rings is 1. The summed E-state index contributed by atoms with van der Waals surface area (Å²) >= 11 is 0. The zero-order chi connectivity index (χ0) is 11.1. The second kappa shape index (κ2) is 6.06. The molecule has 0 fully saturated rings. The number of unbranched alkanes of at least 4 members (excludes halogenated alkanes) is 1. The number of carbonyl (C=O) groups is 2. The van der Waals surface area contributed by atoms with Crippen LogP contribution in [0.5, 0.6) is 0 Å². The standard InChI is InChI=1S/C12H15NO2/c1-2-3-6-10(14)9-12(15)11-7-4-5-8-13-11/h4-5,7-8H,2-3,6,9H2,1H3. The number of ketones is 2. The molecular formula is C12H15NO2. The van der Waals surface area contributed by atoms with Crippen LogP contribution in [0.25, 0.3) is 0 Å². The summed E-state index contributed by atoms with van der Waals surface area (Å²) < 4.78 is 0. The van der Waals surface area contributed by atoms with Gasteiger partial charge in [0.1, 0.15) is 11.5 Å².